The number of halogens is 1. The summed E-state index contributed by atoms with van der Waals surface area (Å²) in [7, 11) is 0. The highest BCUT2D eigenvalue weighted by molar-refractivity contribution is 14.0. The molecule has 0 spiro atoms. The number of rotatable bonds is 5. The largest absolute Gasteiger partial charge is 0.357 e. The predicted molar refractivity (Wildman–Crippen MR) is 114 cm³/mol. The van der Waals surface area contributed by atoms with Crippen molar-refractivity contribution >= 4 is 35.8 Å². The average Bonchev–Trinajstić information content (AvgIpc) is 3.53. The molecule has 2 aliphatic carbocycles. The Morgan fingerprint density at radius 1 is 1.24 bits per heavy atom. The second-order valence-corrected chi connectivity index (χ2v) is 7.47. The molecule has 25 heavy (non-hydrogen) atoms. The van der Waals surface area contributed by atoms with Gasteiger partial charge in [-0.25, -0.2) is 4.98 Å². The summed E-state index contributed by atoms with van der Waals surface area (Å²) in [5.74, 6) is 3.18. The molecule has 1 aromatic rings. The zero-order chi connectivity index (χ0) is 16.4. The van der Waals surface area contributed by atoms with Gasteiger partial charge in [0.05, 0.1) is 0 Å². The van der Waals surface area contributed by atoms with Crippen LogP contribution in [-0.4, -0.2) is 55.1 Å². The summed E-state index contributed by atoms with van der Waals surface area (Å²) in [5.41, 5.74) is 0.580. The molecule has 0 atom stereocenters. The number of aliphatic imine (C=N–C) groups is 1. The number of pyridine rings is 1. The maximum atomic E-state index is 5.03. The molecule has 138 valence electrons. The van der Waals surface area contributed by atoms with E-state index in [-0.39, 0.29) is 24.0 Å². The van der Waals surface area contributed by atoms with E-state index in [1.165, 1.54) is 25.7 Å². The molecule has 5 nitrogen and oxygen atoms in total. The SMILES string of the molecule is CCNC(=NCC1(C2CC2)CC1)N1CCN(c2ccccn2)CC1.I. The molecule has 0 radical (unpaired) electrons. The Bertz CT molecular complexity index is 575. The summed E-state index contributed by atoms with van der Waals surface area (Å²) < 4.78 is 0. The molecule has 1 aliphatic heterocycles. The first kappa shape index (κ1) is 18.7. The van der Waals surface area contributed by atoms with Crippen molar-refractivity contribution in [1.29, 1.82) is 0 Å². The van der Waals surface area contributed by atoms with Gasteiger partial charge in [0.2, 0.25) is 0 Å². The smallest absolute Gasteiger partial charge is 0.194 e. The van der Waals surface area contributed by atoms with Gasteiger partial charge in [-0.3, -0.25) is 4.99 Å². The summed E-state index contributed by atoms with van der Waals surface area (Å²) in [6, 6.07) is 6.14. The molecule has 3 aliphatic rings. The molecule has 6 heteroatoms. The number of piperazine rings is 1. The predicted octanol–water partition coefficient (Wildman–Crippen LogP) is 2.98. The minimum absolute atomic E-state index is 0. The van der Waals surface area contributed by atoms with Crippen LogP contribution in [-0.2, 0) is 0 Å². The van der Waals surface area contributed by atoms with E-state index in [9.17, 15) is 0 Å². The van der Waals surface area contributed by atoms with Crippen LogP contribution in [0.5, 0.6) is 0 Å². The fourth-order valence-corrected chi connectivity index (χ4v) is 3.90. The zero-order valence-corrected chi connectivity index (χ0v) is 17.5. The Kier molecular flexibility index (Phi) is 6.07. The lowest BCUT2D eigenvalue weighted by Crippen LogP contribution is -2.52. The second-order valence-electron chi connectivity index (χ2n) is 7.47. The van der Waals surface area contributed by atoms with Crippen molar-refractivity contribution in [3.8, 4) is 0 Å². The van der Waals surface area contributed by atoms with Gasteiger partial charge in [-0.05, 0) is 56.1 Å². The minimum Gasteiger partial charge on any atom is -0.357 e. The molecule has 1 N–H and O–H groups in total. The van der Waals surface area contributed by atoms with Gasteiger partial charge in [0.25, 0.3) is 0 Å². The first-order valence-corrected chi connectivity index (χ1v) is 9.50. The van der Waals surface area contributed by atoms with Crippen LogP contribution >= 0.6 is 24.0 Å². The van der Waals surface area contributed by atoms with E-state index in [1.807, 2.05) is 12.3 Å². The van der Waals surface area contributed by atoms with Crippen LogP contribution in [0.3, 0.4) is 0 Å². The van der Waals surface area contributed by atoms with E-state index in [0.29, 0.717) is 5.41 Å². The lowest BCUT2D eigenvalue weighted by molar-refractivity contribution is 0.367. The molecular weight excluding hydrogens is 425 g/mol. The molecule has 4 rings (SSSR count). The summed E-state index contributed by atoms with van der Waals surface area (Å²) >= 11 is 0. The van der Waals surface area contributed by atoms with Gasteiger partial charge in [-0.15, -0.1) is 24.0 Å². The van der Waals surface area contributed by atoms with Crippen molar-refractivity contribution in [3.63, 3.8) is 0 Å². The number of anilines is 1. The van der Waals surface area contributed by atoms with Gasteiger partial charge < -0.3 is 15.1 Å². The van der Waals surface area contributed by atoms with Crippen molar-refractivity contribution < 1.29 is 0 Å². The van der Waals surface area contributed by atoms with Crippen LogP contribution in [0, 0.1) is 11.3 Å². The highest BCUT2D eigenvalue weighted by Gasteiger charge is 2.53. The molecule has 2 heterocycles. The Morgan fingerprint density at radius 2 is 2.00 bits per heavy atom. The topological polar surface area (TPSA) is 43.8 Å². The third kappa shape index (κ3) is 4.38. The van der Waals surface area contributed by atoms with Crippen LogP contribution in [0.15, 0.2) is 29.4 Å². The third-order valence-corrected chi connectivity index (χ3v) is 5.77. The Labute approximate surface area is 168 Å². The first-order valence-electron chi connectivity index (χ1n) is 9.50. The second kappa shape index (κ2) is 8.10. The molecule has 0 amide bonds. The van der Waals surface area contributed by atoms with Crippen molar-refractivity contribution in [1.82, 2.24) is 15.2 Å². The van der Waals surface area contributed by atoms with Crippen LogP contribution < -0.4 is 10.2 Å². The summed E-state index contributed by atoms with van der Waals surface area (Å²) in [5, 5.41) is 3.51. The normalized spacial score (nSPS) is 22.4. The minimum atomic E-state index is 0. The van der Waals surface area contributed by atoms with Crippen molar-refractivity contribution in [3.05, 3.63) is 24.4 Å². The fourth-order valence-electron chi connectivity index (χ4n) is 3.90. The number of nitrogens with one attached hydrogen (secondary N) is 1. The van der Waals surface area contributed by atoms with E-state index >= 15 is 0 Å². The van der Waals surface area contributed by atoms with E-state index in [1.54, 1.807) is 0 Å². The van der Waals surface area contributed by atoms with E-state index in [0.717, 1.165) is 57.0 Å². The van der Waals surface area contributed by atoms with Gasteiger partial charge in [0, 0.05) is 45.5 Å². The zero-order valence-electron chi connectivity index (χ0n) is 15.2. The maximum absolute atomic E-state index is 5.03. The molecule has 1 aromatic heterocycles. The molecule has 2 saturated carbocycles. The lowest BCUT2D eigenvalue weighted by Gasteiger charge is -2.37. The van der Waals surface area contributed by atoms with Gasteiger partial charge in [-0.1, -0.05) is 6.07 Å². The van der Waals surface area contributed by atoms with Crippen LogP contribution in [0.4, 0.5) is 5.82 Å². The first-order chi connectivity index (χ1) is 11.8. The summed E-state index contributed by atoms with van der Waals surface area (Å²) in [6.07, 6.45) is 7.55. The van der Waals surface area contributed by atoms with Crippen LogP contribution in [0.25, 0.3) is 0 Å². The maximum Gasteiger partial charge on any atom is 0.194 e. The standard InChI is InChI=1S/C19H29N5.HI/c1-2-20-18(22-15-19(8-9-19)16-6-7-16)24-13-11-23(12-14-24)17-5-3-4-10-21-17;/h3-5,10,16H,2,6-9,11-15H2,1H3,(H,20,22);1H. The monoisotopic (exact) mass is 455 g/mol. The van der Waals surface area contributed by atoms with E-state index in [4.69, 9.17) is 4.99 Å². The van der Waals surface area contributed by atoms with Crippen molar-refractivity contribution in [2.45, 2.75) is 32.6 Å². The van der Waals surface area contributed by atoms with Crippen LogP contribution in [0.1, 0.15) is 32.6 Å². The van der Waals surface area contributed by atoms with Crippen molar-refractivity contribution in [2.75, 3.05) is 44.2 Å². The highest BCUT2D eigenvalue weighted by atomic mass is 127. The number of hydrogen-bond acceptors (Lipinski definition) is 3. The van der Waals surface area contributed by atoms with E-state index in [2.05, 4.69) is 39.2 Å². The Hall–Kier alpha value is -1.05. The van der Waals surface area contributed by atoms with Gasteiger partial charge in [-0.2, -0.15) is 0 Å². The highest BCUT2D eigenvalue weighted by Crippen LogP contribution is 2.61. The number of guanidine groups is 1. The van der Waals surface area contributed by atoms with Crippen LogP contribution in [0.2, 0.25) is 0 Å². The molecule has 3 fully saturated rings. The molecule has 1 saturated heterocycles. The Morgan fingerprint density at radius 3 is 2.56 bits per heavy atom. The average molecular weight is 455 g/mol. The quantitative estimate of drug-likeness (QED) is 0.421. The number of hydrogen-bond donors (Lipinski definition) is 1. The van der Waals surface area contributed by atoms with Crippen molar-refractivity contribution in [2.24, 2.45) is 16.3 Å². The Balaban J connectivity index is 0.00000182. The van der Waals surface area contributed by atoms with Gasteiger partial charge >= 0.3 is 0 Å². The number of nitrogens with zero attached hydrogens (tertiary/aromatic N) is 4. The molecule has 0 unspecified atom stereocenters. The molecule has 0 bridgehead atoms. The summed E-state index contributed by atoms with van der Waals surface area (Å²) in [6.45, 7) is 8.17. The third-order valence-electron chi connectivity index (χ3n) is 5.77. The lowest BCUT2D eigenvalue weighted by atomic mass is 10.0. The number of aromatic nitrogens is 1. The van der Waals surface area contributed by atoms with E-state index < -0.39 is 0 Å². The summed E-state index contributed by atoms with van der Waals surface area (Å²) in [4.78, 5) is 14.3. The van der Waals surface area contributed by atoms with Gasteiger partial charge in [0.15, 0.2) is 5.96 Å². The molecular formula is C19H30IN5. The van der Waals surface area contributed by atoms with Gasteiger partial charge in [0.1, 0.15) is 5.82 Å². The molecule has 0 aromatic carbocycles. The fraction of sp³-hybridized carbons (Fsp3) is 0.684.